The molecule has 1 aromatic rings. The van der Waals surface area contributed by atoms with Crippen LogP contribution in [0.1, 0.15) is 19.3 Å². The van der Waals surface area contributed by atoms with Gasteiger partial charge in [0.25, 0.3) is 0 Å². The first-order chi connectivity index (χ1) is 13.1. The average molecular weight is 386 g/mol. The minimum absolute atomic E-state index is 0.0569. The van der Waals surface area contributed by atoms with Crippen LogP contribution in [0.15, 0.2) is 58.2 Å². The normalized spacial score (nSPS) is 23.7. The van der Waals surface area contributed by atoms with Gasteiger partial charge in [-0.25, -0.2) is 14.0 Å². The Bertz CT molecular complexity index is 899. The number of allylic oxidation sites excluding steroid dienone is 2. The SMILES string of the molecule is O=C1N(Cl)C2=CC=CCC2N1C1CCNCC1.O=C1N=c2ccccc2=N1. The third-order valence-corrected chi connectivity index (χ3v) is 5.41. The number of piperidine rings is 1. The van der Waals surface area contributed by atoms with Gasteiger partial charge in [0, 0.05) is 17.8 Å². The van der Waals surface area contributed by atoms with Gasteiger partial charge in [0.05, 0.1) is 22.5 Å². The summed E-state index contributed by atoms with van der Waals surface area (Å²) in [7, 11) is 0. The first-order valence-electron chi connectivity index (χ1n) is 9.07. The Morgan fingerprint density at radius 1 is 1.07 bits per heavy atom. The Morgan fingerprint density at radius 2 is 1.74 bits per heavy atom. The maximum Gasteiger partial charge on any atom is 0.368 e. The summed E-state index contributed by atoms with van der Waals surface area (Å²) in [5, 5.41) is 4.67. The van der Waals surface area contributed by atoms with E-state index in [-0.39, 0.29) is 12.1 Å². The molecular weight excluding hydrogens is 366 g/mol. The van der Waals surface area contributed by atoms with Crippen LogP contribution in [0.25, 0.3) is 0 Å². The van der Waals surface area contributed by atoms with E-state index in [1.165, 1.54) is 4.42 Å². The number of para-hydroxylation sites is 2. The zero-order valence-corrected chi connectivity index (χ0v) is 15.5. The second kappa shape index (κ2) is 7.62. The number of rotatable bonds is 1. The topological polar surface area (TPSA) is 77.4 Å². The van der Waals surface area contributed by atoms with Gasteiger partial charge in [-0.1, -0.05) is 24.3 Å². The van der Waals surface area contributed by atoms with Crippen LogP contribution in [-0.2, 0) is 0 Å². The average Bonchev–Trinajstić information content (AvgIpc) is 3.20. The van der Waals surface area contributed by atoms with Gasteiger partial charge in [-0.3, -0.25) is 0 Å². The maximum atomic E-state index is 12.2. The molecule has 27 heavy (non-hydrogen) atoms. The molecule has 2 saturated heterocycles. The van der Waals surface area contributed by atoms with Crippen molar-refractivity contribution < 1.29 is 9.59 Å². The Hall–Kier alpha value is -2.51. The Kier molecular flexibility index (Phi) is 5.05. The third-order valence-electron chi connectivity index (χ3n) is 5.07. The molecule has 1 aromatic carbocycles. The quantitative estimate of drug-likeness (QED) is 0.750. The molecule has 0 bridgehead atoms. The molecule has 1 atom stereocenters. The lowest BCUT2D eigenvalue weighted by molar-refractivity contribution is 0.156. The van der Waals surface area contributed by atoms with Crippen LogP contribution in [-0.4, -0.2) is 46.6 Å². The molecule has 4 aliphatic rings. The van der Waals surface area contributed by atoms with Crippen LogP contribution in [0.5, 0.6) is 0 Å². The number of carbonyl (C=O) groups excluding carboxylic acids is 2. The molecule has 1 unspecified atom stereocenters. The number of halogens is 1. The van der Waals surface area contributed by atoms with Gasteiger partial charge >= 0.3 is 12.1 Å². The molecule has 5 rings (SSSR count). The van der Waals surface area contributed by atoms with Crippen molar-refractivity contribution in [3.63, 3.8) is 0 Å². The highest BCUT2D eigenvalue weighted by molar-refractivity contribution is 6.23. The highest BCUT2D eigenvalue weighted by Crippen LogP contribution is 2.35. The summed E-state index contributed by atoms with van der Waals surface area (Å²) in [6.07, 6.45) is 8.94. The molecule has 140 valence electrons. The van der Waals surface area contributed by atoms with E-state index in [1.54, 1.807) is 12.1 Å². The largest absolute Gasteiger partial charge is 0.368 e. The monoisotopic (exact) mass is 385 g/mol. The Morgan fingerprint density at radius 3 is 2.41 bits per heavy atom. The van der Waals surface area contributed by atoms with E-state index in [4.69, 9.17) is 11.8 Å². The number of urea groups is 2. The summed E-state index contributed by atoms with van der Waals surface area (Å²) < 4.78 is 1.29. The van der Waals surface area contributed by atoms with E-state index in [0.29, 0.717) is 16.8 Å². The molecule has 2 fully saturated rings. The van der Waals surface area contributed by atoms with Gasteiger partial charge in [-0.2, -0.15) is 9.98 Å². The van der Waals surface area contributed by atoms with Crippen LogP contribution in [0, 0.1) is 0 Å². The number of fused-ring (bicyclic) bond motifs is 2. The number of hydrogen-bond acceptors (Lipinski definition) is 3. The Labute approximate surface area is 161 Å². The maximum absolute atomic E-state index is 12.2. The van der Waals surface area contributed by atoms with Crippen molar-refractivity contribution in [1.82, 2.24) is 14.6 Å². The predicted molar refractivity (Wildman–Crippen MR) is 101 cm³/mol. The van der Waals surface area contributed by atoms with Crippen molar-refractivity contribution in [2.75, 3.05) is 13.1 Å². The lowest BCUT2D eigenvalue weighted by Crippen LogP contribution is -2.47. The molecule has 3 aliphatic heterocycles. The number of nitrogens with one attached hydrogen (secondary N) is 1. The van der Waals surface area contributed by atoms with E-state index in [0.717, 1.165) is 38.0 Å². The molecule has 3 heterocycles. The number of amides is 4. The Balaban J connectivity index is 0.000000153. The van der Waals surface area contributed by atoms with Crippen LogP contribution in [0.4, 0.5) is 9.59 Å². The van der Waals surface area contributed by atoms with Crippen LogP contribution >= 0.6 is 11.8 Å². The highest BCUT2D eigenvalue weighted by Gasteiger charge is 2.44. The van der Waals surface area contributed by atoms with Gasteiger partial charge in [-0.15, -0.1) is 0 Å². The summed E-state index contributed by atoms with van der Waals surface area (Å²) >= 11 is 6.07. The standard InChI is InChI=1S/C12H16ClN3O.C7H4N2O/c13-16-11-4-2-1-3-10(11)15(12(16)17)9-5-7-14-8-6-9;10-7-8-5-3-1-2-4-6(5)9-7/h1-2,4,9-10,14H,3,5-8H2;1-4H. The fourth-order valence-electron chi connectivity index (χ4n) is 3.78. The first-order valence-corrected chi connectivity index (χ1v) is 9.41. The van der Waals surface area contributed by atoms with Crippen molar-refractivity contribution in [3.8, 4) is 0 Å². The minimum atomic E-state index is -0.402. The summed E-state index contributed by atoms with van der Waals surface area (Å²) in [5.74, 6) is 0. The number of hydrogen-bond donors (Lipinski definition) is 1. The molecule has 7 nitrogen and oxygen atoms in total. The second-order valence-electron chi connectivity index (χ2n) is 6.72. The predicted octanol–water partition coefficient (Wildman–Crippen LogP) is 1.90. The van der Waals surface area contributed by atoms with Crippen molar-refractivity contribution in [3.05, 3.63) is 58.9 Å². The van der Waals surface area contributed by atoms with Gasteiger partial charge in [-0.05, 0) is 50.6 Å². The van der Waals surface area contributed by atoms with Gasteiger partial charge in [0.2, 0.25) is 0 Å². The zero-order chi connectivity index (χ0) is 18.8. The molecule has 0 aromatic heterocycles. The van der Waals surface area contributed by atoms with E-state index in [2.05, 4.69) is 21.4 Å². The fourth-order valence-corrected chi connectivity index (χ4v) is 4.04. The second-order valence-corrected chi connectivity index (χ2v) is 7.06. The van der Waals surface area contributed by atoms with Crippen LogP contribution in [0.3, 0.4) is 0 Å². The summed E-state index contributed by atoms with van der Waals surface area (Å²) in [4.78, 5) is 32.0. The van der Waals surface area contributed by atoms with Crippen LogP contribution < -0.4 is 16.0 Å². The van der Waals surface area contributed by atoms with E-state index < -0.39 is 6.03 Å². The molecule has 1 aliphatic carbocycles. The summed E-state index contributed by atoms with van der Waals surface area (Å²) in [5.41, 5.74) is 0.928. The van der Waals surface area contributed by atoms with Gasteiger partial charge in [0.15, 0.2) is 0 Å². The number of benzene rings is 1. The minimum Gasteiger partial charge on any atom is -0.317 e. The zero-order valence-electron chi connectivity index (χ0n) is 14.7. The number of carbonyl (C=O) groups is 2. The molecule has 8 heteroatoms. The lowest BCUT2D eigenvalue weighted by Gasteiger charge is -2.34. The molecule has 4 amide bonds. The third kappa shape index (κ3) is 3.52. The van der Waals surface area contributed by atoms with Crippen molar-refractivity contribution in [2.24, 2.45) is 9.98 Å². The molecule has 0 radical (unpaired) electrons. The molecule has 1 N–H and O–H groups in total. The van der Waals surface area contributed by atoms with Crippen LogP contribution in [0.2, 0.25) is 0 Å². The van der Waals surface area contributed by atoms with E-state index in [1.807, 2.05) is 29.2 Å². The smallest absolute Gasteiger partial charge is 0.317 e. The van der Waals surface area contributed by atoms with Crippen molar-refractivity contribution in [1.29, 1.82) is 0 Å². The molecule has 0 spiro atoms. The summed E-state index contributed by atoms with van der Waals surface area (Å²) in [6.45, 7) is 1.97. The fraction of sp³-hybridized carbons (Fsp3) is 0.368. The van der Waals surface area contributed by atoms with E-state index in [9.17, 15) is 9.59 Å². The number of nitrogens with zero attached hydrogens (tertiary/aromatic N) is 4. The summed E-state index contributed by atoms with van der Waals surface area (Å²) in [6, 6.07) is 7.21. The van der Waals surface area contributed by atoms with Gasteiger partial charge in [0.1, 0.15) is 0 Å². The van der Waals surface area contributed by atoms with E-state index >= 15 is 0 Å². The van der Waals surface area contributed by atoms with Gasteiger partial charge < -0.3 is 10.2 Å². The van der Waals surface area contributed by atoms with Crippen molar-refractivity contribution in [2.45, 2.75) is 31.3 Å². The molecular formula is C19H20ClN5O2. The lowest BCUT2D eigenvalue weighted by atomic mass is 9.99. The highest BCUT2D eigenvalue weighted by atomic mass is 35.5. The first kappa shape index (κ1) is 17.9. The molecule has 0 saturated carbocycles. The van der Waals surface area contributed by atoms with Crippen molar-refractivity contribution >= 4 is 23.8 Å².